The van der Waals surface area contributed by atoms with Crippen LogP contribution in [0.25, 0.3) is 0 Å². The summed E-state index contributed by atoms with van der Waals surface area (Å²) in [6.45, 7) is 8.67. The summed E-state index contributed by atoms with van der Waals surface area (Å²) in [5.41, 5.74) is 2.32. The van der Waals surface area contributed by atoms with Crippen molar-refractivity contribution in [2.75, 3.05) is 6.54 Å². The average Bonchev–Trinajstić information content (AvgIpc) is 2.87. The van der Waals surface area contributed by atoms with Gasteiger partial charge in [-0.3, -0.25) is 9.48 Å². The van der Waals surface area contributed by atoms with Crippen molar-refractivity contribution in [1.82, 2.24) is 15.1 Å². The van der Waals surface area contributed by atoms with Crippen molar-refractivity contribution >= 4 is 5.91 Å². The van der Waals surface area contributed by atoms with Crippen LogP contribution in [0.15, 0.2) is 30.3 Å². The van der Waals surface area contributed by atoms with E-state index in [9.17, 15) is 9.18 Å². The average molecular weight is 317 g/mol. The van der Waals surface area contributed by atoms with E-state index >= 15 is 0 Å². The van der Waals surface area contributed by atoms with Crippen LogP contribution in [0.4, 0.5) is 4.39 Å². The summed E-state index contributed by atoms with van der Waals surface area (Å²) >= 11 is 0. The van der Waals surface area contributed by atoms with Crippen molar-refractivity contribution in [3.8, 4) is 0 Å². The van der Waals surface area contributed by atoms with E-state index in [1.165, 1.54) is 12.1 Å². The molecule has 1 aromatic heterocycles. The molecule has 1 amide bonds. The predicted molar refractivity (Wildman–Crippen MR) is 89.1 cm³/mol. The highest BCUT2D eigenvalue weighted by atomic mass is 19.1. The van der Waals surface area contributed by atoms with Gasteiger partial charge in [-0.25, -0.2) is 4.39 Å². The molecule has 1 aromatic carbocycles. The Hall–Kier alpha value is -2.17. The molecule has 1 unspecified atom stereocenters. The molecular weight excluding hydrogens is 293 g/mol. The van der Waals surface area contributed by atoms with Crippen LogP contribution in [0.5, 0.6) is 0 Å². The van der Waals surface area contributed by atoms with Gasteiger partial charge in [-0.15, -0.1) is 0 Å². The first-order chi connectivity index (χ1) is 10.7. The van der Waals surface area contributed by atoms with Crippen LogP contribution in [-0.2, 0) is 12.5 Å². The molecule has 5 heteroatoms. The number of rotatable bonds is 4. The number of carbonyl (C=O) groups is 1. The molecule has 1 atom stereocenters. The summed E-state index contributed by atoms with van der Waals surface area (Å²) in [5, 5.41) is 7.34. The van der Waals surface area contributed by atoms with Gasteiger partial charge in [0.2, 0.25) is 0 Å². The zero-order valence-electron chi connectivity index (χ0n) is 14.4. The first-order valence-corrected chi connectivity index (χ1v) is 7.76. The Kier molecular flexibility index (Phi) is 4.88. The third kappa shape index (κ3) is 4.18. The van der Waals surface area contributed by atoms with Crippen LogP contribution in [0, 0.1) is 5.82 Å². The number of hydrogen-bond acceptors (Lipinski definition) is 2. The Balaban J connectivity index is 2.02. The highest BCUT2D eigenvalue weighted by Gasteiger charge is 2.21. The number of nitrogens with one attached hydrogen (secondary N) is 1. The van der Waals surface area contributed by atoms with Gasteiger partial charge in [0.05, 0.1) is 5.69 Å². The van der Waals surface area contributed by atoms with E-state index in [-0.39, 0.29) is 23.1 Å². The summed E-state index contributed by atoms with van der Waals surface area (Å²) < 4.78 is 14.6. The molecule has 1 N–H and O–H groups in total. The molecule has 0 fully saturated rings. The molecular formula is C18H24FN3O. The number of halogens is 1. The van der Waals surface area contributed by atoms with Gasteiger partial charge in [0.15, 0.2) is 0 Å². The van der Waals surface area contributed by atoms with Crippen LogP contribution >= 0.6 is 0 Å². The molecule has 0 saturated heterocycles. The summed E-state index contributed by atoms with van der Waals surface area (Å²) in [6, 6.07) is 8.19. The van der Waals surface area contributed by atoms with Gasteiger partial charge in [0, 0.05) is 19.0 Å². The highest BCUT2D eigenvalue weighted by Crippen LogP contribution is 2.21. The lowest BCUT2D eigenvalue weighted by molar-refractivity contribution is 0.0942. The van der Waals surface area contributed by atoms with E-state index in [1.54, 1.807) is 23.9 Å². The van der Waals surface area contributed by atoms with Gasteiger partial charge >= 0.3 is 0 Å². The Bertz CT molecular complexity index is 683. The van der Waals surface area contributed by atoms with Crippen molar-refractivity contribution in [3.05, 3.63) is 53.1 Å². The van der Waals surface area contributed by atoms with Crippen molar-refractivity contribution in [1.29, 1.82) is 0 Å². The Morgan fingerprint density at radius 1 is 1.30 bits per heavy atom. The minimum absolute atomic E-state index is 0.0995. The standard InChI is InChI=1S/C18H24FN3O/c1-12(13-6-8-14(19)9-7-13)11-20-17(23)15-10-16(18(2,3)4)21-22(15)5/h6-10,12H,11H2,1-5H3,(H,20,23). The fourth-order valence-electron chi connectivity index (χ4n) is 2.29. The van der Waals surface area contributed by atoms with Crippen LogP contribution in [0.2, 0.25) is 0 Å². The molecule has 0 aliphatic heterocycles. The third-order valence-corrected chi connectivity index (χ3v) is 3.89. The minimum Gasteiger partial charge on any atom is -0.350 e. The molecule has 0 radical (unpaired) electrons. The number of nitrogens with zero attached hydrogens (tertiary/aromatic N) is 2. The van der Waals surface area contributed by atoms with Crippen molar-refractivity contribution in [3.63, 3.8) is 0 Å². The maximum atomic E-state index is 12.9. The summed E-state index contributed by atoms with van der Waals surface area (Å²) in [7, 11) is 1.77. The van der Waals surface area contributed by atoms with Crippen LogP contribution in [0.1, 0.15) is 55.4 Å². The summed E-state index contributed by atoms with van der Waals surface area (Å²) in [6.07, 6.45) is 0. The maximum absolute atomic E-state index is 12.9. The predicted octanol–water partition coefficient (Wildman–Crippen LogP) is 3.39. The molecule has 2 aromatic rings. The Morgan fingerprint density at radius 3 is 2.43 bits per heavy atom. The monoisotopic (exact) mass is 317 g/mol. The van der Waals surface area contributed by atoms with Crippen LogP contribution in [-0.4, -0.2) is 22.2 Å². The molecule has 124 valence electrons. The van der Waals surface area contributed by atoms with E-state index < -0.39 is 0 Å². The lowest BCUT2D eigenvalue weighted by Gasteiger charge is -2.14. The first kappa shape index (κ1) is 17.2. The van der Waals surface area contributed by atoms with Crippen LogP contribution in [0.3, 0.4) is 0 Å². The zero-order valence-corrected chi connectivity index (χ0v) is 14.4. The topological polar surface area (TPSA) is 46.9 Å². The van der Waals surface area contributed by atoms with Crippen molar-refractivity contribution in [2.24, 2.45) is 7.05 Å². The zero-order chi connectivity index (χ0) is 17.2. The SMILES string of the molecule is CC(CNC(=O)c1cc(C(C)(C)C)nn1C)c1ccc(F)cc1. The number of carbonyl (C=O) groups excluding carboxylic acids is 1. The molecule has 0 aliphatic carbocycles. The highest BCUT2D eigenvalue weighted by molar-refractivity contribution is 5.92. The van der Waals surface area contributed by atoms with E-state index in [0.717, 1.165) is 11.3 Å². The molecule has 23 heavy (non-hydrogen) atoms. The lowest BCUT2D eigenvalue weighted by Crippen LogP contribution is -2.29. The molecule has 0 aliphatic rings. The fraction of sp³-hybridized carbons (Fsp3) is 0.444. The maximum Gasteiger partial charge on any atom is 0.269 e. The molecule has 2 rings (SSSR count). The van der Waals surface area contributed by atoms with Gasteiger partial charge < -0.3 is 5.32 Å². The first-order valence-electron chi connectivity index (χ1n) is 7.76. The summed E-state index contributed by atoms with van der Waals surface area (Å²) in [5.74, 6) is -0.297. The molecule has 0 spiro atoms. The third-order valence-electron chi connectivity index (χ3n) is 3.89. The quantitative estimate of drug-likeness (QED) is 0.939. The number of amides is 1. The van der Waals surface area contributed by atoms with E-state index in [4.69, 9.17) is 0 Å². The second-order valence-electron chi connectivity index (χ2n) is 6.95. The molecule has 1 heterocycles. The van der Waals surface area contributed by atoms with Gasteiger partial charge in [-0.1, -0.05) is 39.8 Å². The number of hydrogen-bond donors (Lipinski definition) is 1. The minimum atomic E-state index is -0.255. The second kappa shape index (κ2) is 6.52. The van der Waals surface area contributed by atoms with E-state index in [1.807, 2.05) is 13.0 Å². The normalized spacial score (nSPS) is 13.0. The van der Waals surface area contributed by atoms with Gasteiger partial charge in [0.25, 0.3) is 5.91 Å². The smallest absolute Gasteiger partial charge is 0.269 e. The van der Waals surface area contributed by atoms with Gasteiger partial charge in [0.1, 0.15) is 11.5 Å². The number of aryl methyl sites for hydroxylation is 1. The van der Waals surface area contributed by atoms with Gasteiger partial charge in [-0.2, -0.15) is 5.10 Å². The largest absolute Gasteiger partial charge is 0.350 e. The van der Waals surface area contributed by atoms with E-state index in [0.29, 0.717) is 12.2 Å². The fourth-order valence-corrected chi connectivity index (χ4v) is 2.29. The lowest BCUT2D eigenvalue weighted by atomic mass is 9.92. The molecule has 0 bridgehead atoms. The number of aromatic nitrogens is 2. The van der Waals surface area contributed by atoms with Crippen molar-refractivity contribution < 1.29 is 9.18 Å². The summed E-state index contributed by atoms with van der Waals surface area (Å²) in [4.78, 5) is 12.4. The molecule has 0 saturated carbocycles. The van der Waals surface area contributed by atoms with Gasteiger partial charge in [-0.05, 0) is 29.7 Å². The molecule has 4 nitrogen and oxygen atoms in total. The Morgan fingerprint density at radius 2 is 1.91 bits per heavy atom. The Labute approximate surface area is 136 Å². The van der Waals surface area contributed by atoms with Crippen molar-refractivity contribution in [2.45, 2.75) is 39.0 Å². The van der Waals surface area contributed by atoms with Crippen LogP contribution < -0.4 is 5.32 Å². The number of benzene rings is 1. The second-order valence-corrected chi connectivity index (χ2v) is 6.95. The van der Waals surface area contributed by atoms with E-state index in [2.05, 4.69) is 31.2 Å².